The number of rotatable bonds is 7. The lowest BCUT2D eigenvalue weighted by Gasteiger charge is -2.13. The van der Waals surface area contributed by atoms with E-state index in [2.05, 4.69) is 20.3 Å². The van der Waals surface area contributed by atoms with E-state index in [0.29, 0.717) is 16.3 Å². The van der Waals surface area contributed by atoms with E-state index < -0.39 is 17.9 Å². The number of carbonyl (C=O) groups is 2. The first-order valence-corrected chi connectivity index (χ1v) is 9.39. The molecule has 2 heterocycles. The smallest absolute Gasteiger partial charge is 0.327 e. The van der Waals surface area contributed by atoms with Crippen LogP contribution in [0.3, 0.4) is 0 Å². The molecule has 0 bridgehead atoms. The van der Waals surface area contributed by atoms with Crippen LogP contribution in [0.15, 0.2) is 29.4 Å². The molecule has 0 saturated heterocycles. The number of carboxylic acid groups (broad SMARTS) is 1. The summed E-state index contributed by atoms with van der Waals surface area (Å²) in [6.07, 6.45) is 0. The first-order chi connectivity index (χ1) is 13.7. The Morgan fingerprint density at radius 1 is 1.24 bits per heavy atom. The Hall–Kier alpha value is -3.41. The maximum absolute atomic E-state index is 13.2. The van der Waals surface area contributed by atoms with Crippen LogP contribution in [-0.4, -0.2) is 48.3 Å². The van der Waals surface area contributed by atoms with Crippen molar-refractivity contribution >= 4 is 46.6 Å². The molecule has 0 radical (unpaired) electrons. The summed E-state index contributed by atoms with van der Waals surface area (Å²) in [6, 6.07) is 4.78. The van der Waals surface area contributed by atoms with E-state index in [9.17, 15) is 19.1 Å². The summed E-state index contributed by atoms with van der Waals surface area (Å²) in [6.45, 7) is 1.51. The van der Waals surface area contributed by atoms with E-state index in [4.69, 9.17) is 11.5 Å². The summed E-state index contributed by atoms with van der Waals surface area (Å²) < 4.78 is 14.9. The number of amides is 1. The first-order valence-electron chi connectivity index (χ1n) is 8.41. The van der Waals surface area contributed by atoms with Gasteiger partial charge in [-0.3, -0.25) is 9.36 Å². The molecule has 29 heavy (non-hydrogen) atoms. The van der Waals surface area contributed by atoms with Gasteiger partial charge in [-0.1, -0.05) is 23.9 Å². The monoisotopic (exact) mass is 419 g/mol. The van der Waals surface area contributed by atoms with Crippen LogP contribution < -0.4 is 16.8 Å². The van der Waals surface area contributed by atoms with Gasteiger partial charge in [0.05, 0.1) is 6.54 Å². The van der Waals surface area contributed by atoms with Crippen molar-refractivity contribution in [3.05, 3.63) is 35.6 Å². The number of hydrogen-bond donors (Lipinski definition) is 4. The second-order valence-corrected chi connectivity index (χ2v) is 7.14. The van der Waals surface area contributed by atoms with Crippen LogP contribution in [-0.2, 0) is 16.1 Å². The predicted molar refractivity (Wildman–Crippen MR) is 106 cm³/mol. The lowest BCUT2D eigenvalue weighted by Crippen LogP contribution is -2.41. The minimum atomic E-state index is -1.17. The van der Waals surface area contributed by atoms with Gasteiger partial charge >= 0.3 is 5.97 Å². The molecule has 0 aliphatic rings. The summed E-state index contributed by atoms with van der Waals surface area (Å²) in [4.78, 5) is 35.1. The van der Waals surface area contributed by atoms with Gasteiger partial charge in [0.25, 0.3) is 0 Å². The maximum Gasteiger partial charge on any atom is 0.327 e. The fraction of sp³-hybridized carbons (Fsp3) is 0.235. The number of nitrogens with two attached hydrogens (primary N) is 2. The number of anilines is 2. The number of thioether (sulfide) groups is 1. The van der Waals surface area contributed by atoms with Crippen molar-refractivity contribution in [2.75, 3.05) is 17.2 Å². The fourth-order valence-corrected chi connectivity index (χ4v) is 3.63. The molecule has 1 amide bonds. The second-order valence-electron chi connectivity index (χ2n) is 6.15. The van der Waals surface area contributed by atoms with E-state index in [1.165, 1.54) is 19.1 Å². The number of nitrogen functional groups attached to an aromatic ring is 2. The summed E-state index contributed by atoms with van der Waals surface area (Å²) >= 11 is 1.11. The van der Waals surface area contributed by atoms with Gasteiger partial charge in [-0.2, -0.15) is 9.97 Å². The maximum atomic E-state index is 13.2. The van der Waals surface area contributed by atoms with Crippen molar-refractivity contribution in [3.63, 3.8) is 0 Å². The third-order valence-electron chi connectivity index (χ3n) is 3.91. The zero-order chi connectivity index (χ0) is 21.1. The highest BCUT2D eigenvalue weighted by atomic mass is 32.2. The molecule has 6 N–H and O–H groups in total. The van der Waals surface area contributed by atoms with Crippen molar-refractivity contribution in [1.29, 1.82) is 0 Å². The Bertz CT molecular complexity index is 1070. The molecule has 0 saturated carbocycles. The highest BCUT2D eigenvalue weighted by molar-refractivity contribution is 7.99. The van der Waals surface area contributed by atoms with Gasteiger partial charge in [-0.25, -0.2) is 14.2 Å². The molecule has 3 rings (SSSR count). The molecule has 10 nitrogen and oxygen atoms in total. The van der Waals surface area contributed by atoms with Crippen LogP contribution in [0.2, 0.25) is 0 Å². The molecule has 0 fully saturated rings. The number of nitrogens with zero attached hydrogens (tertiary/aromatic N) is 4. The number of nitrogens with one attached hydrogen (secondary N) is 1. The van der Waals surface area contributed by atoms with Crippen LogP contribution in [0.4, 0.5) is 16.2 Å². The Morgan fingerprint density at radius 3 is 2.55 bits per heavy atom. The van der Waals surface area contributed by atoms with E-state index in [-0.39, 0.29) is 29.9 Å². The summed E-state index contributed by atoms with van der Waals surface area (Å²) in [7, 11) is 0. The van der Waals surface area contributed by atoms with Crippen LogP contribution in [0.25, 0.3) is 11.2 Å². The van der Waals surface area contributed by atoms with Gasteiger partial charge in [0.1, 0.15) is 11.9 Å². The van der Waals surface area contributed by atoms with E-state index in [1.807, 2.05) is 0 Å². The van der Waals surface area contributed by atoms with Gasteiger partial charge in [-0.15, -0.1) is 0 Å². The lowest BCUT2D eigenvalue weighted by molar-refractivity contribution is -0.140. The molecule has 2 aromatic heterocycles. The van der Waals surface area contributed by atoms with Crippen molar-refractivity contribution in [2.45, 2.75) is 24.7 Å². The van der Waals surface area contributed by atoms with Gasteiger partial charge in [0, 0.05) is 12.7 Å². The van der Waals surface area contributed by atoms with Gasteiger partial charge < -0.3 is 21.9 Å². The largest absolute Gasteiger partial charge is 0.480 e. The zero-order valence-corrected chi connectivity index (χ0v) is 16.1. The number of imidazole rings is 1. The lowest BCUT2D eigenvalue weighted by atomic mass is 10.2. The number of benzene rings is 1. The van der Waals surface area contributed by atoms with Crippen molar-refractivity contribution in [1.82, 2.24) is 24.8 Å². The normalized spacial score (nSPS) is 12.1. The number of carbonyl (C=O) groups excluding carboxylic acids is 1. The third-order valence-corrected chi connectivity index (χ3v) is 4.98. The van der Waals surface area contributed by atoms with Crippen molar-refractivity contribution in [2.24, 2.45) is 0 Å². The molecular formula is C17H18FN7O3S. The van der Waals surface area contributed by atoms with E-state index in [1.54, 1.807) is 16.7 Å². The molecule has 0 aliphatic carbocycles. The van der Waals surface area contributed by atoms with Crippen LogP contribution in [0, 0.1) is 5.82 Å². The highest BCUT2D eigenvalue weighted by Crippen LogP contribution is 2.27. The van der Waals surface area contributed by atoms with Crippen molar-refractivity contribution < 1.29 is 19.1 Å². The van der Waals surface area contributed by atoms with Crippen LogP contribution in [0.1, 0.15) is 12.5 Å². The van der Waals surface area contributed by atoms with Gasteiger partial charge in [0.15, 0.2) is 22.1 Å². The first kappa shape index (κ1) is 20.3. The Kier molecular flexibility index (Phi) is 5.82. The van der Waals surface area contributed by atoms with E-state index >= 15 is 0 Å². The molecule has 12 heteroatoms. The van der Waals surface area contributed by atoms with Gasteiger partial charge in [-0.05, 0) is 17.7 Å². The Balaban J connectivity index is 1.98. The summed E-state index contributed by atoms with van der Waals surface area (Å²) in [5.41, 5.74) is 13.1. The molecule has 0 spiro atoms. The number of aliphatic carboxylic acids is 1. The number of hydrogen-bond acceptors (Lipinski definition) is 8. The minimum Gasteiger partial charge on any atom is -0.480 e. The Labute approximate surface area is 168 Å². The number of fused-ring (bicyclic) bond motifs is 1. The number of aromatic nitrogens is 4. The molecule has 1 unspecified atom stereocenters. The highest BCUT2D eigenvalue weighted by Gasteiger charge is 2.22. The molecule has 0 aliphatic heterocycles. The molecular weight excluding hydrogens is 401 g/mol. The van der Waals surface area contributed by atoms with Crippen LogP contribution >= 0.6 is 11.8 Å². The molecule has 1 atom stereocenters. The topological polar surface area (TPSA) is 162 Å². The third kappa shape index (κ3) is 4.71. The number of halogens is 1. The predicted octanol–water partition coefficient (Wildman–Crippen LogP) is 0.859. The average molecular weight is 419 g/mol. The van der Waals surface area contributed by atoms with Crippen LogP contribution in [0.5, 0.6) is 0 Å². The summed E-state index contributed by atoms with van der Waals surface area (Å²) in [5.74, 6) is -1.92. The minimum absolute atomic E-state index is 0.0183. The molecule has 152 valence electrons. The quantitative estimate of drug-likeness (QED) is 0.407. The molecule has 1 aromatic carbocycles. The Morgan fingerprint density at radius 2 is 1.93 bits per heavy atom. The van der Waals surface area contributed by atoms with E-state index in [0.717, 1.165) is 17.3 Å². The standard InChI is InChI=1S/C17H18FN7O3S/c1-8(26)21-11(15(27)28)7-29-17-22-12-13(19)23-16(20)24-14(12)25(17)6-9-2-4-10(18)5-3-9/h2-5,11H,6-7H2,1H3,(H,21,26)(H,27,28)(H4,19,20,23,24). The number of carboxylic acids is 1. The zero-order valence-electron chi connectivity index (χ0n) is 15.3. The van der Waals surface area contributed by atoms with Gasteiger partial charge in [0.2, 0.25) is 11.9 Å². The van der Waals surface area contributed by atoms with Crippen molar-refractivity contribution in [3.8, 4) is 0 Å². The second kappa shape index (κ2) is 8.31. The summed E-state index contributed by atoms with van der Waals surface area (Å²) in [5, 5.41) is 12.1. The molecule has 3 aromatic rings. The fourth-order valence-electron chi connectivity index (χ4n) is 2.62. The SMILES string of the molecule is CC(=O)NC(CSc1nc2c(N)nc(N)nc2n1Cc1ccc(F)cc1)C(=O)O. The average Bonchev–Trinajstić information content (AvgIpc) is 2.98.